The van der Waals surface area contributed by atoms with Gasteiger partial charge in [0.25, 0.3) is 0 Å². The van der Waals surface area contributed by atoms with E-state index in [1.54, 1.807) is 0 Å². The number of phenolic OH excluding ortho intramolecular Hbond substituents is 2. The van der Waals surface area contributed by atoms with Gasteiger partial charge in [-0.2, -0.15) is 0 Å². The van der Waals surface area contributed by atoms with Crippen LogP contribution >= 0.6 is 0 Å². The Bertz CT molecular complexity index is 524. The van der Waals surface area contributed by atoms with Crippen molar-refractivity contribution in [3.05, 3.63) is 29.8 Å². The number of benzene rings is 1. The maximum atomic E-state index is 11.6. The molecule has 4 N–H and O–H groups in total. The highest BCUT2D eigenvalue weighted by molar-refractivity contribution is 5.87. The number of aliphatic hydroxyl groups is 2. The predicted octanol–water partition coefficient (Wildman–Crippen LogP) is 0.538. The summed E-state index contributed by atoms with van der Waals surface area (Å²) in [5.41, 5.74) is 0.518. The minimum absolute atomic E-state index is 0.243. The van der Waals surface area contributed by atoms with Crippen LogP contribution in [0.15, 0.2) is 24.3 Å². The first kappa shape index (κ1) is 14.4. The quantitative estimate of drug-likeness (QED) is 0.366. The zero-order valence-corrected chi connectivity index (χ0v) is 10.6. The summed E-state index contributed by atoms with van der Waals surface area (Å²) < 4.78 is 5.02. The molecule has 0 saturated heterocycles. The number of hydrogen-bond acceptors (Lipinski definition) is 6. The van der Waals surface area contributed by atoms with Gasteiger partial charge in [0.05, 0.1) is 6.10 Å². The Morgan fingerprint density at radius 1 is 1.20 bits per heavy atom. The van der Waals surface area contributed by atoms with Crippen molar-refractivity contribution in [2.24, 2.45) is 0 Å². The summed E-state index contributed by atoms with van der Waals surface area (Å²) in [5.74, 6) is -1.17. The van der Waals surface area contributed by atoms with Crippen LogP contribution in [0.4, 0.5) is 0 Å². The van der Waals surface area contributed by atoms with E-state index >= 15 is 0 Å². The van der Waals surface area contributed by atoms with Crippen LogP contribution in [-0.4, -0.2) is 44.7 Å². The van der Waals surface area contributed by atoms with E-state index in [1.165, 1.54) is 24.3 Å². The summed E-state index contributed by atoms with van der Waals surface area (Å²) in [4.78, 5) is 11.6. The molecule has 0 unspecified atom stereocenters. The maximum absolute atomic E-state index is 11.6. The molecule has 0 heterocycles. The molecule has 0 spiro atoms. The summed E-state index contributed by atoms with van der Waals surface area (Å²) in [6, 6.07) is 4.12. The van der Waals surface area contributed by atoms with E-state index in [0.29, 0.717) is 18.4 Å². The van der Waals surface area contributed by atoms with E-state index in [9.17, 15) is 20.1 Å². The predicted molar refractivity (Wildman–Crippen MR) is 69.9 cm³/mol. The van der Waals surface area contributed by atoms with Crippen LogP contribution in [-0.2, 0) is 9.53 Å². The largest absolute Gasteiger partial charge is 0.504 e. The molecular formula is C14H16O6. The topological polar surface area (TPSA) is 107 Å². The molecule has 0 amide bonds. The molecule has 1 aliphatic carbocycles. The number of aromatic hydroxyl groups is 2. The third kappa shape index (κ3) is 3.28. The lowest BCUT2D eigenvalue weighted by Gasteiger charge is -2.15. The summed E-state index contributed by atoms with van der Waals surface area (Å²) in [5, 5.41) is 37.3. The second-order valence-corrected chi connectivity index (χ2v) is 4.69. The fourth-order valence-corrected chi connectivity index (χ4v) is 2.05. The number of hydrogen-bond donors (Lipinski definition) is 4. The lowest BCUT2D eigenvalue weighted by molar-refractivity contribution is -0.148. The van der Waals surface area contributed by atoms with Crippen LogP contribution in [0.2, 0.25) is 0 Å². The van der Waals surface area contributed by atoms with Crippen molar-refractivity contribution in [2.75, 3.05) is 0 Å². The van der Waals surface area contributed by atoms with Crippen molar-refractivity contribution < 1.29 is 30.0 Å². The molecule has 3 atom stereocenters. The number of carbonyl (C=O) groups is 1. The Morgan fingerprint density at radius 2 is 1.95 bits per heavy atom. The number of ether oxygens (including phenoxy) is 1. The van der Waals surface area contributed by atoms with Crippen molar-refractivity contribution >= 4 is 12.0 Å². The van der Waals surface area contributed by atoms with Crippen molar-refractivity contribution in [3.63, 3.8) is 0 Å². The van der Waals surface area contributed by atoms with Gasteiger partial charge in [0, 0.05) is 6.08 Å². The molecule has 1 saturated carbocycles. The van der Waals surface area contributed by atoms with Gasteiger partial charge in [-0.3, -0.25) is 0 Å². The molecule has 1 aromatic carbocycles. The summed E-state index contributed by atoms with van der Waals surface area (Å²) >= 11 is 0. The zero-order valence-electron chi connectivity index (χ0n) is 10.6. The SMILES string of the molecule is O=C(/C=C/c1ccc(O)c(O)c1)O[C@@H]1CC[C@@H](O)[C@H]1O. The Morgan fingerprint density at radius 3 is 2.55 bits per heavy atom. The minimum Gasteiger partial charge on any atom is -0.504 e. The summed E-state index contributed by atoms with van der Waals surface area (Å²) in [7, 11) is 0. The van der Waals surface area contributed by atoms with E-state index in [0.717, 1.165) is 6.08 Å². The average Bonchev–Trinajstić information content (AvgIpc) is 2.72. The van der Waals surface area contributed by atoms with E-state index in [2.05, 4.69) is 0 Å². The molecular weight excluding hydrogens is 264 g/mol. The van der Waals surface area contributed by atoms with E-state index in [1.807, 2.05) is 0 Å². The Labute approximate surface area is 115 Å². The zero-order chi connectivity index (χ0) is 14.7. The number of phenols is 2. The molecule has 0 radical (unpaired) electrons. The molecule has 6 heteroatoms. The maximum Gasteiger partial charge on any atom is 0.331 e. The van der Waals surface area contributed by atoms with Gasteiger partial charge in [-0.25, -0.2) is 4.79 Å². The first-order valence-corrected chi connectivity index (χ1v) is 6.24. The van der Waals surface area contributed by atoms with Crippen LogP contribution in [0.3, 0.4) is 0 Å². The Kier molecular flexibility index (Phi) is 4.26. The van der Waals surface area contributed by atoms with E-state index < -0.39 is 24.3 Å². The first-order chi connectivity index (χ1) is 9.47. The van der Waals surface area contributed by atoms with Gasteiger partial charge in [0.15, 0.2) is 11.5 Å². The highest BCUT2D eigenvalue weighted by Crippen LogP contribution is 2.26. The minimum atomic E-state index is -1.05. The van der Waals surface area contributed by atoms with Crippen LogP contribution in [0.5, 0.6) is 11.5 Å². The monoisotopic (exact) mass is 280 g/mol. The standard InChI is InChI=1S/C14H16O6/c15-9-3-1-8(7-11(9)17)2-6-13(18)20-12-5-4-10(16)14(12)19/h1-3,6-7,10,12,14-17,19H,4-5H2/b6-2+/t10-,12-,14-/m1/s1. The van der Waals surface area contributed by atoms with Crippen molar-refractivity contribution in [2.45, 2.75) is 31.2 Å². The average molecular weight is 280 g/mol. The van der Waals surface area contributed by atoms with Gasteiger partial charge >= 0.3 is 5.97 Å². The van der Waals surface area contributed by atoms with Gasteiger partial charge < -0.3 is 25.2 Å². The lowest BCUT2D eigenvalue weighted by Crippen LogP contribution is -2.32. The van der Waals surface area contributed by atoms with Crippen LogP contribution in [0, 0.1) is 0 Å². The number of rotatable bonds is 3. The van der Waals surface area contributed by atoms with Crippen molar-refractivity contribution in [3.8, 4) is 11.5 Å². The molecule has 0 aliphatic heterocycles. The third-order valence-corrected chi connectivity index (χ3v) is 3.20. The van der Waals surface area contributed by atoms with Crippen molar-refractivity contribution in [1.82, 2.24) is 0 Å². The molecule has 0 bridgehead atoms. The number of aliphatic hydroxyl groups excluding tert-OH is 2. The van der Waals surface area contributed by atoms with Crippen LogP contribution in [0.25, 0.3) is 6.08 Å². The lowest BCUT2D eigenvalue weighted by atomic mass is 10.2. The first-order valence-electron chi connectivity index (χ1n) is 6.24. The molecule has 2 rings (SSSR count). The van der Waals surface area contributed by atoms with Crippen molar-refractivity contribution in [1.29, 1.82) is 0 Å². The smallest absolute Gasteiger partial charge is 0.331 e. The van der Waals surface area contributed by atoms with Gasteiger partial charge in [0.1, 0.15) is 12.2 Å². The fraction of sp³-hybridized carbons (Fsp3) is 0.357. The van der Waals surface area contributed by atoms with Gasteiger partial charge in [-0.05, 0) is 36.6 Å². The van der Waals surface area contributed by atoms with Gasteiger partial charge in [-0.1, -0.05) is 6.07 Å². The van der Waals surface area contributed by atoms with Gasteiger partial charge in [-0.15, -0.1) is 0 Å². The van der Waals surface area contributed by atoms with Gasteiger partial charge in [0.2, 0.25) is 0 Å². The van der Waals surface area contributed by atoms with E-state index in [-0.39, 0.29) is 11.5 Å². The molecule has 108 valence electrons. The normalized spacial score (nSPS) is 26.0. The molecule has 1 fully saturated rings. The molecule has 1 aliphatic rings. The van der Waals surface area contributed by atoms with Crippen LogP contribution < -0.4 is 0 Å². The summed E-state index contributed by atoms with van der Waals surface area (Å²) in [6.45, 7) is 0. The Hall–Kier alpha value is -2.05. The number of esters is 1. The Balaban J connectivity index is 1.94. The van der Waals surface area contributed by atoms with Crippen LogP contribution in [0.1, 0.15) is 18.4 Å². The molecule has 20 heavy (non-hydrogen) atoms. The molecule has 0 aromatic heterocycles. The highest BCUT2D eigenvalue weighted by atomic mass is 16.6. The highest BCUT2D eigenvalue weighted by Gasteiger charge is 2.35. The molecule has 6 nitrogen and oxygen atoms in total. The van der Waals surface area contributed by atoms with E-state index in [4.69, 9.17) is 9.84 Å². The second kappa shape index (κ2) is 5.94. The fourth-order valence-electron chi connectivity index (χ4n) is 2.05. The molecule has 1 aromatic rings. The summed E-state index contributed by atoms with van der Waals surface area (Å²) in [6.07, 6.45) is 0.783. The second-order valence-electron chi connectivity index (χ2n) is 4.69. The third-order valence-electron chi connectivity index (χ3n) is 3.20. The number of carbonyl (C=O) groups excluding carboxylic acids is 1.